The van der Waals surface area contributed by atoms with Gasteiger partial charge in [-0.15, -0.1) is 0 Å². The van der Waals surface area contributed by atoms with Gasteiger partial charge in [-0.1, -0.05) is 66.7 Å². The molecule has 0 radical (unpaired) electrons. The van der Waals surface area contributed by atoms with Crippen LogP contribution in [0.1, 0.15) is 35.1 Å². The Balaban J connectivity index is 1.36. The minimum absolute atomic E-state index is 0.0460. The molecule has 11 heteroatoms. The number of hydrogen-bond acceptors (Lipinski definition) is 7. The summed E-state index contributed by atoms with van der Waals surface area (Å²) in [5.74, 6) is -0.844. The van der Waals surface area contributed by atoms with Crippen LogP contribution in [0, 0.1) is 10.1 Å². The molecule has 0 bridgehead atoms. The number of nitro benzene ring substituents is 1. The minimum atomic E-state index is -1.08. The first-order valence-electron chi connectivity index (χ1n) is 11.4. The van der Waals surface area contributed by atoms with Crippen LogP contribution in [0.15, 0.2) is 72.8 Å². The summed E-state index contributed by atoms with van der Waals surface area (Å²) < 4.78 is 10.00. The average molecular weight is 504 g/mol. The third-order valence-electron chi connectivity index (χ3n) is 6.03. The standard InChI is InChI=1S/C26H24N4O7/c1-36-24(31)14-22(20-12-6-7-13-23(20)30(34)35)27-25(32)28-29-26(33)37-15-21-18-10-4-2-8-16(18)17-9-3-5-11-19(17)21/h2-13,21-22H,14-15H2,1H3,(H,29,33)(H2,27,28,32). The van der Waals surface area contributed by atoms with Crippen molar-refractivity contribution in [1.29, 1.82) is 0 Å². The van der Waals surface area contributed by atoms with E-state index in [0.717, 1.165) is 29.4 Å². The Hall–Kier alpha value is -4.93. The van der Waals surface area contributed by atoms with E-state index in [-0.39, 0.29) is 30.2 Å². The van der Waals surface area contributed by atoms with Crippen LogP contribution < -0.4 is 16.2 Å². The van der Waals surface area contributed by atoms with Crippen molar-refractivity contribution in [2.24, 2.45) is 0 Å². The van der Waals surface area contributed by atoms with Gasteiger partial charge in [0, 0.05) is 12.0 Å². The number of hydrogen-bond donors (Lipinski definition) is 3. The topological polar surface area (TPSA) is 149 Å². The SMILES string of the molecule is COC(=O)CC(NC(=O)NNC(=O)OCC1c2ccccc2-c2ccccc21)c1ccccc1[N+](=O)[O-]. The monoisotopic (exact) mass is 504 g/mol. The van der Waals surface area contributed by atoms with Gasteiger partial charge >= 0.3 is 18.1 Å². The molecule has 1 unspecified atom stereocenters. The molecule has 3 amide bonds. The molecule has 0 saturated heterocycles. The molecular weight excluding hydrogens is 480 g/mol. The van der Waals surface area contributed by atoms with E-state index in [1.807, 2.05) is 48.5 Å². The normalized spacial score (nSPS) is 12.5. The molecule has 3 aromatic rings. The average Bonchev–Trinajstić information content (AvgIpc) is 3.23. The van der Waals surface area contributed by atoms with Crippen LogP contribution in [-0.2, 0) is 14.3 Å². The quantitative estimate of drug-likeness (QED) is 0.251. The van der Waals surface area contributed by atoms with Gasteiger partial charge in [-0.2, -0.15) is 0 Å². The van der Waals surface area contributed by atoms with Crippen molar-refractivity contribution >= 4 is 23.8 Å². The van der Waals surface area contributed by atoms with Crippen LogP contribution >= 0.6 is 0 Å². The molecule has 3 aromatic carbocycles. The van der Waals surface area contributed by atoms with E-state index in [0.29, 0.717) is 0 Å². The smallest absolute Gasteiger partial charge is 0.426 e. The van der Waals surface area contributed by atoms with E-state index in [2.05, 4.69) is 20.9 Å². The molecule has 1 aliphatic carbocycles. The number of hydrazine groups is 1. The second-order valence-electron chi connectivity index (χ2n) is 8.20. The Morgan fingerprint density at radius 2 is 1.51 bits per heavy atom. The molecule has 0 fully saturated rings. The maximum absolute atomic E-state index is 12.5. The van der Waals surface area contributed by atoms with Gasteiger partial charge in [0.15, 0.2) is 0 Å². The molecule has 0 heterocycles. The number of para-hydroxylation sites is 1. The number of carbonyl (C=O) groups excluding carboxylic acids is 3. The van der Waals surface area contributed by atoms with Crippen molar-refractivity contribution in [3.8, 4) is 11.1 Å². The van der Waals surface area contributed by atoms with Gasteiger partial charge in [-0.05, 0) is 22.3 Å². The molecule has 0 saturated carbocycles. The highest BCUT2D eigenvalue weighted by Crippen LogP contribution is 2.44. The summed E-state index contributed by atoms with van der Waals surface area (Å²) in [5.41, 5.74) is 8.35. The van der Waals surface area contributed by atoms with Gasteiger partial charge < -0.3 is 14.8 Å². The number of ether oxygens (including phenoxy) is 2. The molecule has 0 aliphatic heterocycles. The fourth-order valence-electron chi connectivity index (χ4n) is 4.37. The lowest BCUT2D eigenvalue weighted by Crippen LogP contribution is -2.48. The van der Waals surface area contributed by atoms with Crippen molar-refractivity contribution in [2.75, 3.05) is 13.7 Å². The Bertz CT molecular complexity index is 1300. The Morgan fingerprint density at radius 3 is 2.14 bits per heavy atom. The van der Waals surface area contributed by atoms with Crippen LogP contribution in [0.2, 0.25) is 0 Å². The van der Waals surface area contributed by atoms with Gasteiger partial charge in [-0.3, -0.25) is 14.9 Å². The molecule has 190 valence electrons. The molecule has 1 atom stereocenters. The number of urea groups is 1. The second-order valence-corrected chi connectivity index (χ2v) is 8.20. The molecule has 11 nitrogen and oxygen atoms in total. The van der Waals surface area contributed by atoms with Crippen LogP contribution in [0.4, 0.5) is 15.3 Å². The van der Waals surface area contributed by atoms with E-state index in [1.165, 1.54) is 18.2 Å². The number of rotatable bonds is 7. The Kier molecular flexibility index (Phi) is 7.62. The summed E-state index contributed by atoms with van der Waals surface area (Å²) in [6.45, 7) is 0.0460. The summed E-state index contributed by atoms with van der Waals surface area (Å²) in [7, 11) is 1.16. The number of benzene rings is 3. The Morgan fingerprint density at radius 1 is 0.919 bits per heavy atom. The first kappa shape index (κ1) is 25.2. The van der Waals surface area contributed by atoms with E-state index >= 15 is 0 Å². The Labute approximate surface area is 211 Å². The maximum Gasteiger partial charge on any atom is 0.426 e. The number of nitro groups is 1. The lowest BCUT2D eigenvalue weighted by molar-refractivity contribution is -0.385. The number of amides is 3. The van der Waals surface area contributed by atoms with Gasteiger partial charge in [0.25, 0.3) is 5.69 Å². The zero-order chi connectivity index (χ0) is 26.4. The zero-order valence-electron chi connectivity index (χ0n) is 19.8. The van der Waals surface area contributed by atoms with Gasteiger partial charge in [-0.25, -0.2) is 20.4 Å². The number of nitrogens with zero attached hydrogens (tertiary/aromatic N) is 1. The molecule has 4 rings (SSSR count). The van der Waals surface area contributed by atoms with E-state index < -0.39 is 29.1 Å². The minimum Gasteiger partial charge on any atom is -0.469 e. The van der Waals surface area contributed by atoms with Crippen molar-refractivity contribution < 1.29 is 28.8 Å². The van der Waals surface area contributed by atoms with Crippen LogP contribution in [-0.4, -0.2) is 36.7 Å². The van der Waals surface area contributed by atoms with Crippen LogP contribution in [0.25, 0.3) is 11.1 Å². The number of methoxy groups -OCH3 is 1. The van der Waals surface area contributed by atoms with Crippen LogP contribution in [0.3, 0.4) is 0 Å². The van der Waals surface area contributed by atoms with Crippen molar-refractivity contribution in [3.05, 3.63) is 99.6 Å². The largest absolute Gasteiger partial charge is 0.469 e. The molecule has 0 aromatic heterocycles. The van der Waals surface area contributed by atoms with Crippen molar-refractivity contribution in [3.63, 3.8) is 0 Å². The van der Waals surface area contributed by atoms with Gasteiger partial charge in [0.2, 0.25) is 0 Å². The highest BCUT2D eigenvalue weighted by atomic mass is 16.6. The highest BCUT2D eigenvalue weighted by Gasteiger charge is 2.29. The molecule has 37 heavy (non-hydrogen) atoms. The van der Waals surface area contributed by atoms with Crippen molar-refractivity contribution in [2.45, 2.75) is 18.4 Å². The first-order valence-corrected chi connectivity index (χ1v) is 11.4. The predicted octanol–water partition coefficient (Wildman–Crippen LogP) is 3.95. The maximum atomic E-state index is 12.5. The summed E-state index contributed by atoms with van der Waals surface area (Å²) in [6, 6.07) is 19.4. The summed E-state index contributed by atoms with van der Waals surface area (Å²) >= 11 is 0. The van der Waals surface area contributed by atoms with E-state index in [1.54, 1.807) is 6.07 Å². The number of fused-ring (bicyclic) bond motifs is 3. The van der Waals surface area contributed by atoms with Crippen LogP contribution in [0.5, 0.6) is 0 Å². The second kappa shape index (κ2) is 11.2. The fraction of sp³-hybridized carbons (Fsp3) is 0.192. The van der Waals surface area contributed by atoms with Crippen molar-refractivity contribution in [1.82, 2.24) is 16.2 Å². The molecule has 3 N–H and O–H groups in total. The number of carbonyl (C=O) groups is 3. The summed E-state index contributed by atoms with van der Waals surface area (Å²) in [4.78, 5) is 47.4. The fourth-order valence-corrected chi connectivity index (χ4v) is 4.37. The summed E-state index contributed by atoms with van der Waals surface area (Å²) in [6.07, 6.45) is -1.26. The molecule has 1 aliphatic rings. The highest BCUT2D eigenvalue weighted by molar-refractivity contribution is 5.80. The predicted molar refractivity (Wildman–Crippen MR) is 132 cm³/mol. The molecule has 0 spiro atoms. The number of nitrogens with one attached hydrogen (secondary N) is 3. The van der Waals surface area contributed by atoms with Gasteiger partial charge in [0.1, 0.15) is 6.61 Å². The summed E-state index contributed by atoms with van der Waals surface area (Å²) in [5, 5.41) is 13.9. The van der Waals surface area contributed by atoms with E-state index in [4.69, 9.17) is 4.74 Å². The third-order valence-corrected chi connectivity index (χ3v) is 6.03. The lowest BCUT2D eigenvalue weighted by Gasteiger charge is -2.19. The first-order chi connectivity index (χ1) is 17.9. The van der Waals surface area contributed by atoms with E-state index in [9.17, 15) is 24.5 Å². The third kappa shape index (κ3) is 5.67. The molecular formula is C26H24N4O7. The van der Waals surface area contributed by atoms with Gasteiger partial charge in [0.05, 0.1) is 30.1 Å². The number of esters is 1. The lowest BCUT2D eigenvalue weighted by atomic mass is 9.98. The zero-order valence-corrected chi connectivity index (χ0v) is 19.8.